The number of aromatic nitrogens is 2. The number of rotatable bonds is 6. The Labute approximate surface area is 91.9 Å². The number of unbranched alkanes of at least 4 members (excludes halogenated alkanes) is 2. The standard InChI is InChI=1S/C12H21N3/c1(2-6-12-10-13-11-14-12)3-7-15-8-4-5-9-15/h10-11H,1-9H2,(H,13,14). The van der Waals surface area contributed by atoms with Crippen LogP contribution in [0.4, 0.5) is 0 Å². The minimum Gasteiger partial charge on any atom is -0.348 e. The molecule has 0 radical (unpaired) electrons. The van der Waals surface area contributed by atoms with Gasteiger partial charge in [-0.15, -0.1) is 0 Å². The third-order valence-electron chi connectivity index (χ3n) is 3.17. The highest BCUT2D eigenvalue weighted by Crippen LogP contribution is 2.09. The number of nitrogens with one attached hydrogen (secondary N) is 1. The first-order valence-electron chi connectivity index (χ1n) is 6.15. The summed E-state index contributed by atoms with van der Waals surface area (Å²) < 4.78 is 0. The Morgan fingerprint density at radius 1 is 1.20 bits per heavy atom. The van der Waals surface area contributed by atoms with Gasteiger partial charge in [-0.3, -0.25) is 0 Å². The van der Waals surface area contributed by atoms with E-state index in [9.17, 15) is 0 Å². The van der Waals surface area contributed by atoms with Gasteiger partial charge in [0.2, 0.25) is 0 Å². The Bertz CT molecular complexity index is 250. The maximum absolute atomic E-state index is 4.02. The SMILES string of the molecule is c1ncc(CCCCCN2CCCC2)[nH]1. The lowest BCUT2D eigenvalue weighted by atomic mass is 10.1. The first kappa shape index (κ1) is 10.7. The highest BCUT2D eigenvalue weighted by atomic mass is 15.1. The molecule has 1 aliphatic rings. The van der Waals surface area contributed by atoms with Crippen molar-refractivity contribution in [3.63, 3.8) is 0 Å². The largest absolute Gasteiger partial charge is 0.348 e. The van der Waals surface area contributed by atoms with Crippen LogP contribution in [0, 0.1) is 0 Å². The summed E-state index contributed by atoms with van der Waals surface area (Å²) in [5.41, 5.74) is 1.27. The van der Waals surface area contributed by atoms with E-state index in [0.29, 0.717) is 0 Å². The Kier molecular flexibility index (Phi) is 4.21. The number of H-pyrrole nitrogens is 1. The minimum absolute atomic E-state index is 1.15. The molecule has 2 heterocycles. The van der Waals surface area contributed by atoms with Crippen molar-refractivity contribution in [3.8, 4) is 0 Å². The zero-order chi connectivity index (χ0) is 10.3. The van der Waals surface area contributed by atoms with Crippen molar-refractivity contribution in [1.82, 2.24) is 14.9 Å². The molecule has 0 saturated carbocycles. The first-order chi connectivity index (χ1) is 7.45. The lowest BCUT2D eigenvalue weighted by Gasteiger charge is -2.13. The van der Waals surface area contributed by atoms with E-state index in [0.717, 1.165) is 6.42 Å². The molecule has 2 rings (SSSR count). The Morgan fingerprint density at radius 3 is 2.80 bits per heavy atom. The highest BCUT2D eigenvalue weighted by molar-refractivity contribution is 4.93. The summed E-state index contributed by atoms with van der Waals surface area (Å²) >= 11 is 0. The molecular formula is C12H21N3. The summed E-state index contributed by atoms with van der Waals surface area (Å²) in [5.74, 6) is 0. The van der Waals surface area contributed by atoms with Crippen LogP contribution in [0.1, 0.15) is 37.8 Å². The second kappa shape index (κ2) is 5.91. The average Bonchev–Trinajstić information content (AvgIpc) is 2.88. The van der Waals surface area contributed by atoms with E-state index >= 15 is 0 Å². The van der Waals surface area contributed by atoms with Gasteiger partial charge >= 0.3 is 0 Å². The van der Waals surface area contributed by atoms with Crippen molar-refractivity contribution >= 4 is 0 Å². The maximum atomic E-state index is 4.02. The van der Waals surface area contributed by atoms with Crippen molar-refractivity contribution in [2.75, 3.05) is 19.6 Å². The Morgan fingerprint density at radius 2 is 2.07 bits per heavy atom. The number of likely N-dealkylation sites (tertiary alicyclic amines) is 1. The molecule has 0 spiro atoms. The number of nitrogens with zero attached hydrogens (tertiary/aromatic N) is 2. The molecule has 0 aromatic carbocycles. The quantitative estimate of drug-likeness (QED) is 0.725. The minimum atomic E-state index is 1.15. The molecule has 1 aromatic rings. The molecule has 1 aliphatic heterocycles. The summed E-state index contributed by atoms with van der Waals surface area (Å²) in [6.07, 6.45) is 11.7. The van der Waals surface area contributed by atoms with Crippen LogP contribution in [0.25, 0.3) is 0 Å². The topological polar surface area (TPSA) is 31.9 Å². The van der Waals surface area contributed by atoms with Gasteiger partial charge in [-0.2, -0.15) is 0 Å². The lowest BCUT2D eigenvalue weighted by molar-refractivity contribution is 0.328. The van der Waals surface area contributed by atoms with Crippen molar-refractivity contribution < 1.29 is 0 Å². The van der Waals surface area contributed by atoms with Crippen molar-refractivity contribution in [2.45, 2.75) is 38.5 Å². The molecule has 1 fully saturated rings. The van der Waals surface area contributed by atoms with Gasteiger partial charge in [0.25, 0.3) is 0 Å². The van der Waals surface area contributed by atoms with Gasteiger partial charge in [-0.25, -0.2) is 4.98 Å². The van der Waals surface area contributed by atoms with Crippen molar-refractivity contribution in [3.05, 3.63) is 18.2 Å². The van der Waals surface area contributed by atoms with Crippen LogP contribution in [-0.4, -0.2) is 34.5 Å². The molecular weight excluding hydrogens is 186 g/mol. The summed E-state index contributed by atoms with van der Waals surface area (Å²) in [6, 6.07) is 0. The summed E-state index contributed by atoms with van der Waals surface area (Å²) in [6.45, 7) is 3.98. The molecule has 3 heteroatoms. The van der Waals surface area contributed by atoms with Crippen LogP contribution in [0.3, 0.4) is 0 Å². The van der Waals surface area contributed by atoms with Gasteiger partial charge < -0.3 is 9.88 Å². The van der Waals surface area contributed by atoms with Gasteiger partial charge in [0.15, 0.2) is 0 Å². The molecule has 1 N–H and O–H groups in total. The fourth-order valence-electron chi connectivity index (χ4n) is 2.26. The Hall–Kier alpha value is -0.830. The fraction of sp³-hybridized carbons (Fsp3) is 0.750. The van der Waals surface area contributed by atoms with E-state index in [1.165, 1.54) is 57.4 Å². The highest BCUT2D eigenvalue weighted by Gasteiger charge is 2.09. The maximum Gasteiger partial charge on any atom is 0.0921 e. The average molecular weight is 207 g/mol. The number of imidazole rings is 1. The number of hydrogen-bond donors (Lipinski definition) is 1. The Balaban J connectivity index is 1.48. The van der Waals surface area contributed by atoms with Crippen LogP contribution < -0.4 is 0 Å². The first-order valence-corrected chi connectivity index (χ1v) is 6.15. The predicted molar refractivity (Wildman–Crippen MR) is 61.8 cm³/mol. The zero-order valence-corrected chi connectivity index (χ0v) is 9.41. The molecule has 0 unspecified atom stereocenters. The van der Waals surface area contributed by atoms with E-state index in [1.807, 2.05) is 6.20 Å². The summed E-state index contributed by atoms with van der Waals surface area (Å²) in [7, 11) is 0. The van der Waals surface area contributed by atoms with E-state index in [1.54, 1.807) is 6.33 Å². The monoisotopic (exact) mass is 207 g/mol. The number of aromatic amines is 1. The van der Waals surface area contributed by atoms with E-state index in [-0.39, 0.29) is 0 Å². The van der Waals surface area contributed by atoms with Gasteiger partial charge in [-0.1, -0.05) is 6.42 Å². The van der Waals surface area contributed by atoms with Crippen molar-refractivity contribution in [2.24, 2.45) is 0 Å². The predicted octanol–water partition coefficient (Wildman–Crippen LogP) is 2.22. The zero-order valence-electron chi connectivity index (χ0n) is 9.41. The normalized spacial score (nSPS) is 17.3. The van der Waals surface area contributed by atoms with Crippen LogP contribution in [0.2, 0.25) is 0 Å². The molecule has 1 saturated heterocycles. The van der Waals surface area contributed by atoms with Crippen LogP contribution >= 0.6 is 0 Å². The summed E-state index contributed by atoms with van der Waals surface area (Å²) in [4.78, 5) is 9.76. The number of hydrogen-bond acceptors (Lipinski definition) is 2. The number of aryl methyl sites for hydroxylation is 1. The van der Waals surface area contributed by atoms with Crippen molar-refractivity contribution in [1.29, 1.82) is 0 Å². The van der Waals surface area contributed by atoms with Gasteiger partial charge in [0, 0.05) is 11.9 Å². The second-order valence-corrected chi connectivity index (χ2v) is 4.44. The molecule has 15 heavy (non-hydrogen) atoms. The van der Waals surface area contributed by atoms with E-state index in [2.05, 4.69) is 14.9 Å². The molecule has 0 amide bonds. The van der Waals surface area contributed by atoms with Crippen LogP contribution in [-0.2, 0) is 6.42 Å². The third kappa shape index (κ3) is 3.67. The second-order valence-electron chi connectivity index (χ2n) is 4.44. The van der Waals surface area contributed by atoms with Gasteiger partial charge in [0.05, 0.1) is 6.33 Å². The molecule has 3 nitrogen and oxygen atoms in total. The van der Waals surface area contributed by atoms with Crippen LogP contribution in [0.5, 0.6) is 0 Å². The summed E-state index contributed by atoms with van der Waals surface area (Å²) in [5, 5.41) is 0. The molecule has 1 aromatic heterocycles. The fourth-order valence-corrected chi connectivity index (χ4v) is 2.26. The van der Waals surface area contributed by atoms with Crippen LogP contribution in [0.15, 0.2) is 12.5 Å². The van der Waals surface area contributed by atoms with Gasteiger partial charge in [-0.05, 0) is 51.7 Å². The molecule has 0 atom stereocenters. The van der Waals surface area contributed by atoms with E-state index in [4.69, 9.17) is 0 Å². The van der Waals surface area contributed by atoms with Gasteiger partial charge in [0.1, 0.15) is 0 Å². The molecule has 84 valence electrons. The lowest BCUT2D eigenvalue weighted by Crippen LogP contribution is -2.20. The van der Waals surface area contributed by atoms with E-state index < -0.39 is 0 Å². The third-order valence-corrected chi connectivity index (χ3v) is 3.17. The smallest absolute Gasteiger partial charge is 0.0921 e. The molecule has 0 bridgehead atoms. The molecule has 0 aliphatic carbocycles.